The van der Waals surface area contributed by atoms with Crippen LogP contribution in [-0.4, -0.2) is 36.5 Å². The quantitative estimate of drug-likeness (QED) is 0.682. The molecule has 0 aromatic rings. The van der Waals surface area contributed by atoms with Gasteiger partial charge in [0.05, 0.1) is 6.54 Å². The van der Waals surface area contributed by atoms with Crippen molar-refractivity contribution in [3.05, 3.63) is 0 Å². The van der Waals surface area contributed by atoms with Crippen LogP contribution in [0.25, 0.3) is 0 Å². The second-order valence-electron chi connectivity index (χ2n) is 4.47. The molecule has 0 radical (unpaired) electrons. The first-order valence-electron chi connectivity index (χ1n) is 5.87. The number of carbonyl (C=O) groups excluding carboxylic acids is 1. The third kappa shape index (κ3) is 2.47. The summed E-state index contributed by atoms with van der Waals surface area (Å²) in [5, 5.41) is 2.93. The number of hydrogen-bond donors (Lipinski definition) is 1. The number of carbonyl (C=O) groups is 1. The Balaban J connectivity index is 1.90. The maximum Gasteiger partial charge on any atom is 0.234 e. The van der Waals surface area contributed by atoms with Gasteiger partial charge in [-0.1, -0.05) is 19.3 Å². The van der Waals surface area contributed by atoms with Crippen molar-refractivity contribution < 1.29 is 4.79 Å². The highest BCUT2D eigenvalue weighted by Crippen LogP contribution is 2.22. The monoisotopic (exact) mass is 196 g/mol. The first-order valence-corrected chi connectivity index (χ1v) is 5.87. The molecule has 0 aromatic heterocycles. The fourth-order valence-electron chi connectivity index (χ4n) is 2.59. The molecular formula is C11H20N2O. The van der Waals surface area contributed by atoms with Crippen LogP contribution in [0.4, 0.5) is 0 Å². The maximum atomic E-state index is 11.4. The summed E-state index contributed by atoms with van der Waals surface area (Å²) in [5.41, 5.74) is 0. The molecule has 3 heteroatoms. The van der Waals surface area contributed by atoms with Gasteiger partial charge < -0.3 is 5.32 Å². The normalized spacial score (nSPS) is 27.0. The number of amides is 1. The molecule has 0 aromatic carbocycles. The number of nitrogens with one attached hydrogen (secondary N) is 1. The second kappa shape index (κ2) is 4.78. The van der Waals surface area contributed by atoms with Crippen molar-refractivity contribution in [3.8, 4) is 0 Å². The van der Waals surface area contributed by atoms with Crippen LogP contribution in [0, 0.1) is 0 Å². The zero-order valence-corrected chi connectivity index (χ0v) is 8.80. The van der Waals surface area contributed by atoms with E-state index in [9.17, 15) is 4.79 Å². The Hall–Kier alpha value is -0.570. The lowest BCUT2D eigenvalue weighted by molar-refractivity contribution is -0.122. The number of nitrogens with zero attached hydrogens (tertiary/aromatic N) is 1. The van der Waals surface area contributed by atoms with Gasteiger partial charge in [0, 0.05) is 19.1 Å². The summed E-state index contributed by atoms with van der Waals surface area (Å²) in [6.45, 7) is 2.59. The molecule has 1 aliphatic heterocycles. The van der Waals surface area contributed by atoms with E-state index in [1.54, 1.807) is 0 Å². The molecule has 0 unspecified atom stereocenters. The van der Waals surface area contributed by atoms with Crippen molar-refractivity contribution in [2.24, 2.45) is 0 Å². The van der Waals surface area contributed by atoms with Gasteiger partial charge in [-0.25, -0.2) is 0 Å². The molecule has 1 aliphatic carbocycles. The topological polar surface area (TPSA) is 32.3 Å². The lowest BCUT2D eigenvalue weighted by Gasteiger charge is -2.32. The molecular weight excluding hydrogens is 176 g/mol. The Kier molecular flexibility index (Phi) is 3.40. The second-order valence-corrected chi connectivity index (χ2v) is 4.47. The molecule has 0 spiro atoms. The van der Waals surface area contributed by atoms with Crippen molar-refractivity contribution in [2.45, 2.75) is 44.6 Å². The van der Waals surface area contributed by atoms with Crippen LogP contribution in [0.1, 0.15) is 38.5 Å². The molecule has 1 saturated carbocycles. The van der Waals surface area contributed by atoms with Gasteiger partial charge in [0.2, 0.25) is 5.91 Å². The molecule has 1 amide bonds. The smallest absolute Gasteiger partial charge is 0.234 e. The molecule has 2 fully saturated rings. The van der Waals surface area contributed by atoms with Gasteiger partial charge >= 0.3 is 0 Å². The van der Waals surface area contributed by atoms with Gasteiger partial charge in [-0.15, -0.1) is 0 Å². The summed E-state index contributed by atoms with van der Waals surface area (Å²) in [7, 11) is 0. The van der Waals surface area contributed by atoms with Crippen LogP contribution in [0.3, 0.4) is 0 Å². The van der Waals surface area contributed by atoms with E-state index in [2.05, 4.69) is 10.2 Å². The molecule has 1 saturated heterocycles. The summed E-state index contributed by atoms with van der Waals surface area (Å²) in [6.07, 6.45) is 7.80. The molecule has 14 heavy (non-hydrogen) atoms. The molecule has 80 valence electrons. The Morgan fingerprint density at radius 1 is 1.14 bits per heavy atom. The van der Waals surface area contributed by atoms with E-state index in [1.807, 2.05) is 0 Å². The van der Waals surface area contributed by atoms with Crippen molar-refractivity contribution in [1.82, 2.24) is 10.2 Å². The summed E-state index contributed by atoms with van der Waals surface area (Å²) in [4.78, 5) is 13.8. The predicted octanol–water partition coefficient (Wildman–Crippen LogP) is 1.14. The molecule has 0 bridgehead atoms. The summed E-state index contributed by atoms with van der Waals surface area (Å²) < 4.78 is 0. The van der Waals surface area contributed by atoms with E-state index in [0.29, 0.717) is 12.6 Å². The SMILES string of the molecule is O=C1CN(C2CCCCC2)CCCN1. The molecule has 3 nitrogen and oxygen atoms in total. The van der Waals surface area contributed by atoms with E-state index in [0.717, 1.165) is 19.5 Å². The Morgan fingerprint density at radius 3 is 2.71 bits per heavy atom. The molecule has 2 aliphatic rings. The minimum atomic E-state index is 0.216. The molecule has 0 atom stereocenters. The van der Waals surface area contributed by atoms with E-state index in [4.69, 9.17) is 0 Å². The van der Waals surface area contributed by atoms with Gasteiger partial charge in [0.25, 0.3) is 0 Å². The molecule has 2 rings (SSSR count). The van der Waals surface area contributed by atoms with E-state index in [-0.39, 0.29) is 5.91 Å². The summed E-state index contributed by atoms with van der Waals surface area (Å²) >= 11 is 0. The maximum absolute atomic E-state index is 11.4. The number of hydrogen-bond acceptors (Lipinski definition) is 2. The minimum absolute atomic E-state index is 0.216. The van der Waals surface area contributed by atoms with Crippen LogP contribution < -0.4 is 5.32 Å². The van der Waals surface area contributed by atoms with Gasteiger partial charge in [-0.2, -0.15) is 0 Å². The van der Waals surface area contributed by atoms with Crippen molar-refractivity contribution >= 4 is 5.91 Å². The average molecular weight is 196 g/mol. The van der Waals surface area contributed by atoms with Crippen molar-refractivity contribution in [1.29, 1.82) is 0 Å². The standard InChI is InChI=1S/C11H20N2O/c14-11-9-13(8-4-7-12-11)10-5-2-1-3-6-10/h10H,1-9H2,(H,12,14). The lowest BCUT2D eigenvalue weighted by Crippen LogP contribution is -2.41. The first kappa shape index (κ1) is 9.97. The fraction of sp³-hybridized carbons (Fsp3) is 0.909. The van der Waals surface area contributed by atoms with E-state index >= 15 is 0 Å². The van der Waals surface area contributed by atoms with E-state index < -0.39 is 0 Å². The highest BCUT2D eigenvalue weighted by molar-refractivity contribution is 5.78. The Bertz CT molecular complexity index is 199. The zero-order valence-electron chi connectivity index (χ0n) is 8.80. The van der Waals surface area contributed by atoms with Gasteiger partial charge in [-0.3, -0.25) is 9.69 Å². The number of rotatable bonds is 1. The highest BCUT2D eigenvalue weighted by Gasteiger charge is 2.23. The predicted molar refractivity (Wildman–Crippen MR) is 56.1 cm³/mol. The molecule has 1 heterocycles. The largest absolute Gasteiger partial charge is 0.355 e. The van der Waals surface area contributed by atoms with E-state index in [1.165, 1.54) is 32.1 Å². The third-order valence-electron chi connectivity index (χ3n) is 3.38. The van der Waals surface area contributed by atoms with Crippen LogP contribution in [0.2, 0.25) is 0 Å². The van der Waals surface area contributed by atoms with Crippen LogP contribution >= 0.6 is 0 Å². The van der Waals surface area contributed by atoms with Crippen molar-refractivity contribution in [2.75, 3.05) is 19.6 Å². The minimum Gasteiger partial charge on any atom is -0.355 e. The third-order valence-corrected chi connectivity index (χ3v) is 3.38. The summed E-state index contributed by atoms with van der Waals surface area (Å²) in [5.74, 6) is 0.216. The van der Waals surface area contributed by atoms with Gasteiger partial charge in [0.15, 0.2) is 0 Å². The van der Waals surface area contributed by atoms with Crippen LogP contribution in [0.5, 0.6) is 0 Å². The fourth-order valence-corrected chi connectivity index (χ4v) is 2.59. The Labute approximate surface area is 85.8 Å². The summed E-state index contributed by atoms with van der Waals surface area (Å²) in [6, 6.07) is 0.688. The van der Waals surface area contributed by atoms with Crippen LogP contribution in [-0.2, 0) is 4.79 Å². The van der Waals surface area contributed by atoms with Gasteiger partial charge in [-0.05, 0) is 19.3 Å². The zero-order chi connectivity index (χ0) is 9.80. The van der Waals surface area contributed by atoms with Crippen molar-refractivity contribution in [3.63, 3.8) is 0 Å². The average Bonchev–Trinajstić information content (AvgIpc) is 2.44. The first-order chi connectivity index (χ1) is 6.86. The Morgan fingerprint density at radius 2 is 1.93 bits per heavy atom. The lowest BCUT2D eigenvalue weighted by atomic mass is 9.94. The highest BCUT2D eigenvalue weighted by atomic mass is 16.2. The van der Waals surface area contributed by atoms with Gasteiger partial charge in [0.1, 0.15) is 0 Å². The van der Waals surface area contributed by atoms with Crippen LogP contribution in [0.15, 0.2) is 0 Å². The molecule has 1 N–H and O–H groups in total.